The number of nitro groups is 1. The van der Waals surface area contributed by atoms with Gasteiger partial charge < -0.3 is 18.9 Å². The van der Waals surface area contributed by atoms with Crippen LogP contribution in [0.25, 0.3) is 0 Å². The van der Waals surface area contributed by atoms with Gasteiger partial charge in [-0.1, -0.05) is 0 Å². The monoisotopic (exact) mass is 449 g/mol. The number of H-pyrrole nitrogens is 1. The predicted molar refractivity (Wildman–Crippen MR) is 105 cm³/mol. The van der Waals surface area contributed by atoms with Gasteiger partial charge in [-0.3, -0.25) is 29.3 Å². The maximum absolute atomic E-state index is 12.1. The normalized spacial score (nSPS) is 19.9. The molecule has 2 heterocycles. The number of carbonyl (C=O) groups excluding carboxylic acids is 2. The highest BCUT2D eigenvalue weighted by Gasteiger charge is 2.40. The quantitative estimate of drug-likeness (QED) is 0.292. The Bertz CT molecular complexity index is 1140. The lowest BCUT2D eigenvalue weighted by Crippen LogP contribution is -2.33. The molecule has 0 unspecified atom stereocenters. The van der Waals surface area contributed by atoms with Crippen LogP contribution in [0.2, 0.25) is 0 Å². The van der Waals surface area contributed by atoms with Crippen LogP contribution in [0.3, 0.4) is 0 Å². The molecule has 1 aromatic carbocycles. The Balaban J connectivity index is 1.65. The summed E-state index contributed by atoms with van der Waals surface area (Å²) in [5.74, 6) is -0.569. The number of rotatable bonds is 6. The molecule has 1 fully saturated rings. The van der Waals surface area contributed by atoms with Gasteiger partial charge in [-0.2, -0.15) is 0 Å². The Morgan fingerprint density at radius 3 is 2.59 bits per heavy atom. The molecule has 13 heteroatoms. The molecule has 0 saturated carbocycles. The molecule has 170 valence electrons. The van der Waals surface area contributed by atoms with E-state index < -0.39 is 46.7 Å². The number of hydrogen-bond acceptors (Lipinski definition) is 10. The molecule has 0 radical (unpaired) electrons. The Morgan fingerprint density at radius 2 is 1.97 bits per heavy atom. The highest BCUT2D eigenvalue weighted by Crippen LogP contribution is 2.30. The molecule has 1 aliphatic rings. The lowest BCUT2D eigenvalue weighted by Gasteiger charge is -2.18. The van der Waals surface area contributed by atoms with Crippen LogP contribution in [-0.4, -0.2) is 45.4 Å². The number of aromatic amines is 1. The first-order valence-corrected chi connectivity index (χ1v) is 9.38. The number of hydrogen-bond donors (Lipinski definition) is 1. The van der Waals surface area contributed by atoms with Crippen LogP contribution in [0.1, 0.15) is 25.1 Å². The minimum Gasteiger partial charge on any atom is -0.459 e. The number of non-ortho nitro benzene ring substituents is 1. The molecule has 2 aromatic rings. The minimum absolute atomic E-state index is 0.0256. The van der Waals surface area contributed by atoms with E-state index in [1.54, 1.807) is 0 Å². The number of carbonyl (C=O) groups is 2. The van der Waals surface area contributed by atoms with E-state index in [0.717, 1.165) is 16.7 Å². The third kappa shape index (κ3) is 5.37. The van der Waals surface area contributed by atoms with Crippen LogP contribution in [0.5, 0.6) is 5.75 Å². The van der Waals surface area contributed by atoms with Crippen molar-refractivity contribution in [2.75, 3.05) is 6.61 Å². The second kappa shape index (κ2) is 9.43. The summed E-state index contributed by atoms with van der Waals surface area (Å²) in [5.41, 5.74) is -1.13. The van der Waals surface area contributed by atoms with Crippen LogP contribution < -0.4 is 16.0 Å². The van der Waals surface area contributed by atoms with Crippen molar-refractivity contribution in [2.24, 2.45) is 0 Å². The van der Waals surface area contributed by atoms with Crippen LogP contribution in [-0.2, 0) is 19.0 Å². The predicted octanol–water partition coefficient (Wildman–Crippen LogP) is 1.19. The first-order valence-electron chi connectivity index (χ1n) is 9.38. The molecule has 1 aromatic heterocycles. The summed E-state index contributed by atoms with van der Waals surface area (Å²) in [6.07, 6.45) is -2.32. The van der Waals surface area contributed by atoms with E-state index in [4.69, 9.17) is 18.9 Å². The van der Waals surface area contributed by atoms with E-state index >= 15 is 0 Å². The molecule has 32 heavy (non-hydrogen) atoms. The largest absolute Gasteiger partial charge is 0.513 e. The van der Waals surface area contributed by atoms with Crippen LogP contribution in [0.4, 0.5) is 10.5 Å². The summed E-state index contributed by atoms with van der Waals surface area (Å²) in [4.78, 5) is 59.3. The topological polar surface area (TPSA) is 169 Å². The van der Waals surface area contributed by atoms with Crippen molar-refractivity contribution in [1.29, 1.82) is 0 Å². The number of aryl methyl sites for hydroxylation is 1. The van der Waals surface area contributed by atoms with E-state index in [2.05, 4.69) is 4.98 Å². The van der Waals surface area contributed by atoms with Gasteiger partial charge in [0.05, 0.1) is 4.92 Å². The number of nitro benzene ring substituents is 1. The second-order valence-electron chi connectivity index (χ2n) is 6.91. The average Bonchev–Trinajstić information content (AvgIpc) is 3.11. The maximum Gasteiger partial charge on any atom is 0.513 e. The Hall–Kier alpha value is -4.00. The van der Waals surface area contributed by atoms with E-state index in [9.17, 15) is 29.3 Å². The molecule has 3 atom stereocenters. The lowest BCUT2D eigenvalue weighted by molar-refractivity contribution is -0.384. The van der Waals surface area contributed by atoms with Crippen LogP contribution >= 0.6 is 0 Å². The Labute approximate surface area is 179 Å². The van der Waals surface area contributed by atoms with Gasteiger partial charge in [0.15, 0.2) is 0 Å². The number of benzene rings is 1. The number of ether oxygens (including phenoxy) is 4. The first-order chi connectivity index (χ1) is 15.1. The van der Waals surface area contributed by atoms with Crippen LogP contribution in [0, 0.1) is 17.0 Å². The smallest absolute Gasteiger partial charge is 0.459 e. The fraction of sp³-hybridized carbons (Fsp3) is 0.368. The molecular formula is C19H19N3O10. The SMILES string of the molecule is CC(=O)O[C@@H]1C[C@@H](n2cc(C)c(=O)[nH]c2=O)O[C@H]1COC(=O)Oc1ccc([N+](=O)[O-])cc1. The van der Waals surface area contributed by atoms with Crippen molar-refractivity contribution in [3.05, 3.63) is 67.0 Å². The maximum atomic E-state index is 12.1. The van der Waals surface area contributed by atoms with Crippen molar-refractivity contribution in [1.82, 2.24) is 9.55 Å². The zero-order chi connectivity index (χ0) is 23.4. The van der Waals surface area contributed by atoms with E-state index in [0.29, 0.717) is 0 Å². The molecule has 0 amide bonds. The summed E-state index contributed by atoms with van der Waals surface area (Å²) >= 11 is 0. The van der Waals surface area contributed by atoms with Gasteiger partial charge >= 0.3 is 17.8 Å². The Morgan fingerprint density at radius 1 is 1.28 bits per heavy atom. The zero-order valence-corrected chi connectivity index (χ0v) is 17.0. The first kappa shape index (κ1) is 22.7. The van der Waals surface area contributed by atoms with Crippen molar-refractivity contribution >= 4 is 17.8 Å². The van der Waals surface area contributed by atoms with Crippen molar-refractivity contribution in [2.45, 2.75) is 38.7 Å². The number of nitrogens with zero attached hydrogens (tertiary/aromatic N) is 2. The van der Waals surface area contributed by atoms with Crippen LogP contribution in [0.15, 0.2) is 40.1 Å². The molecule has 0 bridgehead atoms. The fourth-order valence-corrected chi connectivity index (χ4v) is 3.07. The number of aromatic nitrogens is 2. The summed E-state index contributed by atoms with van der Waals surface area (Å²) in [7, 11) is 0. The molecule has 1 saturated heterocycles. The molecule has 1 N–H and O–H groups in total. The third-order valence-electron chi connectivity index (χ3n) is 4.57. The molecule has 0 aliphatic carbocycles. The van der Waals surface area contributed by atoms with Gasteiger partial charge in [0.25, 0.3) is 11.2 Å². The summed E-state index contributed by atoms with van der Waals surface area (Å²) in [6.45, 7) is 2.35. The summed E-state index contributed by atoms with van der Waals surface area (Å²) < 4.78 is 22.1. The van der Waals surface area contributed by atoms with E-state index in [-0.39, 0.29) is 30.0 Å². The fourth-order valence-electron chi connectivity index (χ4n) is 3.07. The Kier molecular flexibility index (Phi) is 6.68. The highest BCUT2D eigenvalue weighted by atomic mass is 16.7. The van der Waals surface area contributed by atoms with Crippen molar-refractivity contribution in [3.63, 3.8) is 0 Å². The van der Waals surface area contributed by atoms with Gasteiger partial charge in [-0.25, -0.2) is 9.59 Å². The van der Waals surface area contributed by atoms with Gasteiger partial charge in [-0.15, -0.1) is 0 Å². The van der Waals surface area contributed by atoms with Crippen molar-refractivity contribution < 1.29 is 33.5 Å². The van der Waals surface area contributed by atoms with E-state index in [1.165, 1.54) is 32.2 Å². The standard InChI is InChI=1S/C19H19N3O10/c1-10-8-21(18(25)20-17(10)24)16-7-14(30-11(2)23)15(32-16)9-29-19(26)31-13-5-3-12(4-6-13)22(27)28/h3-6,8,14-16H,7,9H2,1-2H3,(H,20,24,25)/t14-,15+,16+/m1/s1. The summed E-state index contributed by atoms with van der Waals surface area (Å²) in [6, 6.07) is 4.78. The third-order valence-corrected chi connectivity index (χ3v) is 4.57. The van der Waals surface area contributed by atoms with Gasteiger partial charge in [0.2, 0.25) is 0 Å². The highest BCUT2D eigenvalue weighted by molar-refractivity contribution is 5.66. The molecular weight excluding hydrogens is 430 g/mol. The lowest BCUT2D eigenvalue weighted by atomic mass is 10.2. The molecule has 0 spiro atoms. The van der Waals surface area contributed by atoms with Crippen molar-refractivity contribution in [3.8, 4) is 5.75 Å². The van der Waals surface area contributed by atoms with E-state index in [1.807, 2.05) is 0 Å². The molecule has 3 rings (SSSR count). The van der Waals surface area contributed by atoms with Gasteiger partial charge in [0.1, 0.15) is 30.8 Å². The van der Waals surface area contributed by atoms with Gasteiger partial charge in [0, 0.05) is 37.2 Å². The molecule has 1 aliphatic heterocycles. The average molecular weight is 449 g/mol. The van der Waals surface area contributed by atoms with Gasteiger partial charge in [-0.05, 0) is 19.1 Å². The summed E-state index contributed by atoms with van der Waals surface area (Å²) in [5, 5.41) is 10.7. The zero-order valence-electron chi connectivity index (χ0n) is 17.0. The number of nitrogens with one attached hydrogen (secondary N) is 1. The minimum atomic E-state index is -1.11. The second-order valence-corrected chi connectivity index (χ2v) is 6.91. The molecule has 13 nitrogen and oxygen atoms in total. The number of esters is 1.